The van der Waals surface area contributed by atoms with Crippen molar-refractivity contribution in [3.8, 4) is 0 Å². The van der Waals surface area contributed by atoms with Crippen molar-refractivity contribution in [2.45, 2.75) is 66.1 Å². The Morgan fingerprint density at radius 1 is 0.810 bits per heavy atom. The van der Waals surface area contributed by atoms with Crippen molar-refractivity contribution in [3.05, 3.63) is 0 Å². The highest BCUT2D eigenvalue weighted by Gasteiger charge is 2.15. The SMILES string of the molecule is CC(=O)OCCC(C)CCCCC(OC(C)=O)OC(C)=O. The van der Waals surface area contributed by atoms with Crippen molar-refractivity contribution in [1.29, 1.82) is 0 Å². The molecule has 0 amide bonds. The van der Waals surface area contributed by atoms with E-state index >= 15 is 0 Å². The molecule has 0 aromatic heterocycles. The van der Waals surface area contributed by atoms with Gasteiger partial charge in [-0.15, -0.1) is 0 Å². The van der Waals surface area contributed by atoms with Gasteiger partial charge in [-0.1, -0.05) is 19.8 Å². The normalized spacial score (nSPS) is 11.9. The molecule has 0 spiro atoms. The van der Waals surface area contributed by atoms with Crippen LogP contribution in [0.2, 0.25) is 0 Å². The molecule has 0 aromatic carbocycles. The summed E-state index contributed by atoms with van der Waals surface area (Å²) in [6, 6.07) is 0. The zero-order valence-electron chi connectivity index (χ0n) is 13.3. The molecule has 0 aliphatic rings. The van der Waals surface area contributed by atoms with Gasteiger partial charge in [0.2, 0.25) is 6.29 Å². The Hall–Kier alpha value is -1.59. The Balaban J connectivity index is 3.80. The highest BCUT2D eigenvalue weighted by Crippen LogP contribution is 2.15. The van der Waals surface area contributed by atoms with E-state index in [1.165, 1.54) is 20.8 Å². The fourth-order valence-corrected chi connectivity index (χ4v) is 1.86. The summed E-state index contributed by atoms with van der Waals surface area (Å²) in [7, 11) is 0. The second-order valence-electron chi connectivity index (χ2n) is 5.17. The number of carbonyl (C=O) groups is 3. The summed E-state index contributed by atoms with van der Waals surface area (Å²) in [6.45, 7) is 6.51. The van der Waals surface area contributed by atoms with Crippen molar-refractivity contribution in [1.82, 2.24) is 0 Å². The Kier molecular flexibility index (Phi) is 10.3. The maximum Gasteiger partial charge on any atom is 0.305 e. The van der Waals surface area contributed by atoms with Gasteiger partial charge in [0.15, 0.2) is 0 Å². The van der Waals surface area contributed by atoms with Crippen LogP contribution in [0.4, 0.5) is 0 Å². The Labute approximate surface area is 126 Å². The molecule has 0 aliphatic carbocycles. The molecule has 0 fully saturated rings. The average molecular weight is 302 g/mol. The van der Waals surface area contributed by atoms with Crippen molar-refractivity contribution in [2.75, 3.05) is 6.61 Å². The van der Waals surface area contributed by atoms with Crippen LogP contribution >= 0.6 is 0 Å². The van der Waals surface area contributed by atoms with Gasteiger partial charge in [0.1, 0.15) is 0 Å². The molecular weight excluding hydrogens is 276 g/mol. The van der Waals surface area contributed by atoms with E-state index in [1.807, 2.05) is 0 Å². The van der Waals surface area contributed by atoms with Gasteiger partial charge >= 0.3 is 17.9 Å². The van der Waals surface area contributed by atoms with Crippen LogP contribution in [-0.2, 0) is 28.6 Å². The van der Waals surface area contributed by atoms with E-state index in [4.69, 9.17) is 14.2 Å². The van der Waals surface area contributed by atoms with E-state index in [-0.39, 0.29) is 5.97 Å². The molecule has 1 unspecified atom stereocenters. The third-order valence-electron chi connectivity index (χ3n) is 2.90. The van der Waals surface area contributed by atoms with Crippen LogP contribution in [0.3, 0.4) is 0 Å². The number of hydrogen-bond donors (Lipinski definition) is 0. The summed E-state index contributed by atoms with van der Waals surface area (Å²) in [5.74, 6) is -0.731. The van der Waals surface area contributed by atoms with E-state index in [0.717, 1.165) is 25.7 Å². The van der Waals surface area contributed by atoms with E-state index in [2.05, 4.69) is 6.92 Å². The predicted molar refractivity (Wildman–Crippen MR) is 76.2 cm³/mol. The van der Waals surface area contributed by atoms with Gasteiger partial charge in [-0.3, -0.25) is 14.4 Å². The lowest BCUT2D eigenvalue weighted by Gasteiger charge is -2.17. The monoisotopic (exact) mass is 302 g/mol. The third-order valence-corrected chi connectivity index (χ3v) is 2.90. The Bertz CT molecular complexity index is 323. The maximum absolute atomic E-state index is 10.9. The largest absolute Gasteiger partial charge is 0.466 e. The molecule has 6 heteroatoms. The van der Waals surface area contributed by atoms with Gasteiger partial charge in [0.25, 0.3) is 0 Å². The second-order valence-corrected chi connectivity index (χ2v) is 5.17. The van der Waals surface area contributed by atoms with E-state index < -0.39 is 18.2 Å². The molecule has 1 atom stereocenters. The summed E-state index contributed by atoms with van der Waals surface area (Å²) < 4.78 is 14.7. The molecule has 0 radical (unpaired) electrons. The molecule has 0 rings (SSSR count). The summed E-state index contributed by atoms with van der Waals surface area (Å²) in [6.07, 6.45) is 3.24. The molecule has 122 valence electrons. The van der Waals surface area contributed by atoms with Crippen molar-refractivity contribution in [3.63, 3.8) is 0 Å². The van der Waals surface area contributed by atoms with Gasteiger partial charge in [0.05, 0.1) is 6.61 Å². The van der Waals surface area contributed by atoms with Crippen molar-refractivity contribution in [2.24, 2.45) is 5.92 Å². The molecule has 21 heavy (non-hydrogen) atoms. The molecule has 0 bridgehead atoms. The molecule has 0 N–H and O–H groups in total. The van der Waals surface area contributed by atoms with Crippen molar-refractivity contribution >= 4 is 17.9 Å². The molecule has 0 heterocycles. The van der Waals surface area contributed by atoms with Gasteiger partial charge in [-0.2, -0.15) is 0 Å². The van der Waals surface area contributed by atoms with E-state index in [9.17, 15) is 14.4 Å². The molecule has 0 aromatic rings. The van der Waals surface area contributed by atoms with Gasteiger partial charge in [-0.05, 0) is 18.8 Å². The van der Waals surface area contributed by atoms with Crippen LogP contribution in [0.25, 0.3) is 0 Å². The first-order chi connectivity index (χ1) is 9.81. The molecule has 0 aliphatic heterocycles. The minimum absolute atomic E-state index is 0.257. The third kappa shape index (κ3) is 13.2. The van der Waals surface area contributed by atoms with Crippen LogP contribution in [0.1, 0.15) is 59.8 Å². The molecular formula is C15H26O6. The number of rotatable bonds is 10. The van der Waals surface area contributed by atoms with Gasteiger partial charge in [-0.25, -0.2) is 0 Å². The minimum Gasteiger partial charge on any atom is -0.466 e. The van der Waals surface area contributed by atoms with Crippen LogP contribution in [0.5, 0.6) is 0 Å². The average Bonchev–Trinajstić information content (AvgIpc) is 2.32. The fourth-order valence-electron chi connectivity index (χ4n) is 1.86. The minimum atomic E-state index is -0.795. The number of unbranched alkanes of at least 4 members (excludes halogenated alkanes) is 1. The first-order valence-electron chi connectivity index (χ1n) is 7.29. The number of hydrogen-bond acceptors (Lipinski definition) is 6. The highest BCUT2D eigenvalue weighted by molar-refractivity contribution is 5.68. The topological polar surface area (TPSA) is 78.9 Å². The second kappa shape index (κ2) is 11.1. The van der Waals surface area contributed by atoms with Gasteiger partial charge < -0.3 is 14.2 Å². The first kappa shape index (κ1) is 19.4. The lowest BCUT2D eigenvalue weighted by atomic mass is 10.0. The standard InChI is InChI=1S/C15H26O6/c1-11(9-10-19-12(2)16)7-5-6-8-15(20-13(3)17)21-14(4)18/h11,15H,5-10H2,1-4H3. The molecule has 0 saturated heterocycles. The van der Waals surface area contributed by atoms with Crippen LogP contribution < -0.4 is 0 Å². The zero-order valence-corrected chi connectivity index (χ0v) is 13.3. The van der Waals surface area contributed by atoms with E-state index in [1.54, 1.807) is 0 Å². The number of carbonyl (C=O) groups excluding carboxylic acids is 3. The Morgan fingerprint density at radius 2 is 1.33 bits per heavy atom. The smallest absolute Gasteiger partial charge is 0.305 e. The lowest BCUT2D eigenvalue weighted by Crippen LogP contribution is -2.22. The maximum atomic E-state index is 10.9. The van der Waals surface area contributed by atoms with Crippen LogP contribution in [-0.4, -0.2) is 30.8 Å². The van der Waals surface area contributed by atoms with Crippen LogP contribution in [0.15, 0.2) is 0 Å². The number of ether oxygens (including phenoxy) is 3. The fraction of sp³-hybridized carbons (Fsp3) is 0.800. The summed E-state index contributed by atoms with van der Waals surface area (Å²) in [5.41, 5.74) is 0. The first-order valence-corrected chi connectivity index (χ1v) is 7.29. The summed E-state index contributed by atoms with van der Waals surface area (Å²) in [5, 5.41) is 0. The number of esters is 3. The Morgan fingerprint density at radius 3 is 1.81 bits per heavy atom. The summed E-state index contributed by atoms with van der Waals surface area (Å²) >= 11 is 0. The van der Waals surface area contributed by atoms with Crippen LogP contribution in [0, 0.1) is 5.92 Å². The van der Waals surface area contributed by atoms with Crippen molar-refractivity contribution < 1.29 is 28.6 Å². The van der Waals surface area contributed by atoms with E-state index in [0.29, 0.717) is 18.9 Å². The zero-order chi connectivity index (χ0) is 16.3. The highest BCUT2D eigenvalue weighted by atomic mass is 16.7. The van der Waals surface area contributed by atoms with Gasteiger partial charge in [0, 0.05) is 27.2 Å². The molecule has 0 saturated carbocycles. The predicted octanol–water partition coefficient (Wildman–Crippen LogP) is 2.59. The summed E-state index contributed by atoms with van der Waals surface area (Å²) in [4.78, 5) is 32.4. The molecule has 6 nitrogen and oxygen atoms in total. The lowest BCUT2D eigenvalue weighted by molar-refractivity contribution is -0.186. The quantitative estimate of drug-likeness (QED) is 0.350.